The Balaban J connectivity index is 2.37. The van der Waals surface area contributed by atoms with Gasteiger partial charge in [0.05, 0.1) is 6.42 Å². The van der Waals surface area contributed by atoms with Gasteiger partial charge in [0.1, 0.15) is 36.8 Å². The van der Waals surface area contributed by atoms with Crippen molar-refractivity contribution >= 4 is 57.1 Å². The Kier molecular flexibility index (Phi) is 12.6. The molecule has 40 heavy (non-hydrogen) atoms. The zero-order valence-corrected chi connectivity index (χ0v) is 23.5. The van der Waals surface area contributed by atoms with Crippen LogP contribution >= 0.6 is 21.6 Å². The summed E-state index contributed by atoms with van der Waals surface area (Å²) in [5.41, 5.74) is -1.49. The maximum atomic E-state index is 13.2. The molecule has 1 fully saturated rings. The van der Waals surface area contributed by atoms with Gasteiger partial charge in [-0.3, -0.25) is 28.8 Å². The van der Waals surface area contributed by atoms with E-state index in [1.54, 1.807) is 11.4 Å². The number of esters is 1. The molecule has 0 radical (unpaired) electrons. The largest absolute Gasteiger partial charge is 0.456 e. The number of carbonyl (C=O) groups is 6. The lowest BCUT2D eigenvalue weighted by Gasteiger charge is -2.29. The quantitative estimate of drug-likeness (QED) is 0.168. The van der Waals surface area contributed by atoms with Crippen LogP contribution in [0.2, 0.25) is 0 Å². The van der Waals surface area contributed by atoms with Crippen LogP contribution in [0.4, 0.5) is 13.2 Å². The van der Waals surface area contributed by atoms with Crippen molar-refractivity contribution in [2.24, 2.45) is 0 Å². The molecule has 17 heteroatoms. The molecule has 2 aliphatic rings. The van der Waals surface area contributed by atoms with E-state index in [-0.39, 0.29) is 12.2 Å². The normalized spacial score (nSPS) is 26.2. The van der Waals surface area contributed by atoms with Crippen molar-refractivity contribution in [1.82, 2.24) is 26.6 Å². The highest BCUT2D eigenvalue weighted by Gasteiger charge is 2.35. The summed E-state index contributed by atoms with van der Waals surface area (Å²) < 4.78 is 42.7. The Hall–Kier alpha value is -2.95. The molecule has 2 bridgehead atoms. The molecule has 2 rings (SSSR count). The molecule has 2 heterocycles. The zero-order chi connectivity index (χ0) is 29.9. The standard InChI is InChI=1S/C23H32F3N5O7S2/c1-22(2)21(37)27-10-18(34)38-13-5-3-4-8-39-40-11-15(20(36)31-22)30-19(35)14(29-17(33)9-13)6-7-16(32)28-12-23(24,25)26/h3,5,13-15H,4,6-12H2,1-2H3,(H,27,37)(H,28,32)(H,29,33)(H,30,35)(H,31,36)/b5-3+/t13-,14+,15+/m0/s1. The second-order valence-electron chi connectivity index (χ2n) is 9.46. The van der Waals surface area contributed by atoms with Crippen LogP contribution in [0.5, 0.6) is 0 Å². The SMILES string of the molecule is CC1(C)NC(=O)[C@H]2CSSCC/C=C/[C@@H](CC(=O)N[C@H](CCC(=O)NCC(F)(F)F)C(=O)N2)OC(=O)CNC1=O. The summed E-state index contributed by atoms with van der Waals surface area (Å²) in [7, 11) is 2.68. The van der Waals surface area contributed by atoms with Crippen molar-refractivity contribution in [3.05, 3.63) is 12.2 Å². The van der Waals surface area contributed by atoms with Gasteiger partial charge in [0, 0.05) is 17.9 Å². The van der Waals surface area contributed by atoms with Crippen LogP contribution in [0.3, 0.4) is 0 Å². The lowest BCUT2D eigenvalue weighted by Crippen LogP contribution is -2.61. The van der Waals surface area contributed by atoms with Gasteiger partial charge in [0.15, 0.2) is 0 Å². The number of amides is 5. The zero-order valence-electron chi connectivity index (χ0n) is 21.9. The second-order valence-corrected chi connectivity index (χ2v) is 12.1. The highest BCUT2D eigenvalue weighted by molar-refractivity contribution is 8.76. The number of allylic oxidation sites excluding steroid dienone is 1. The van der Waals surface area contributed by atoms with E-state index >= 15 is 0 Å². The van der Waals surface area contributed by atoms with Crippen LogP contribution in [0.25, 0.3) is 0 Å². The van der Waals surface area contributed by atoms with Gasteiger partial charge in [-0.05, 0) is 32.8 Å². The van der Waals surface area contributed by atoms with Gasteiger partial charge in [-0.15, -0.1) is 0 Å². The third kappa shape index (κ3) is 12.1. The minimum atomic E-state index is -4.63. The number of halogens is 3. The van der Waals surface area contributed by atoms with Gasteiger partial charge in [-0.1, -0.05) is 27.7 Å². The molecule has 0 aromatic rings. The maximum absolute atomic E-state index is 13.2. The van der Waals surface area contributed by atoms with Gasteiger partial charge in [0.2, 0.25) is 29.5 Å². The molecule has 0 unspecified atom stereocenters. The van der Waals surface area contributed by atoms with Crippen molar-refractivity contribution in [2.45, 2.75) is 69.4 Å². The Bertz CT molecular complexity index is 1010. The van der Waals surface area contributed by atoms with Crippen LogP contribution in [0.15, 0.2) is 12.2 Å². The van der Waals surface area contributed by atoms with Crippen molar-refractivity contribution < 1.29 is 46.7 Å². The Labute approximate surface area is 236 Å². The number of hydrogen-bond donors (Lipinski definition) is 5. The first-order chi connectivity index (χ1) is 18.7. The maximum Gasteiger partial charge on any atom is 0.405 e. The highest BCUT2D eigenvalue weighted by Crippen LogP contribution is 2.24. The fourth-order valence-electron chi connectivity index (χ4n) is 3.45. The number of nitrogens with one attached hydrogen (secondary N) is 5. The van der Waals surface area contributed by atoms with Crippen LogP contribution in [0.1, 0.15) is 39.5 Å². The Morgan fingerprint density at radius 1 is 1.12 bits per heavy atom. The van der Waals surface area contributed by atoms with E-state index in [1.807, 2.05) is 0 Å². The molecule has 5 amide bonds. The van der Waals surface area contributed by atoms with E-state index in [0.717, 1.165) is 0 Å². The van der Waals surface area contributed by atoms with Gasteiger partial charge in [-0.25, -0.2) is 0 Å². The van der Waals surface area contributed by atoms with E-state index in [9.17, 15) is 41.9 Å². The molecular weight excluding hydrogens is 579 g/mol. The number of ether oxygens (including phenoxy) is 1. The molecular formula is C23H32F3N5O7S2. The predicted octanol–water partition coefficient (Wildman–Crippen LogP) is 0.0825. The van der Waals surface area contributed by atoms with E-state index in [2.05, 4.69) is 21.3 Å². The number of alkyl halides is 3. The minimum Gasteiger partial charge on any atom is -0.456 e. The summed E-state index contributed by atoms with van der Waals surface area (Å²) in [4.78, 5) is 76.2. The lowest BCUT2D eigenvalue weighted by molar-refractivity contribution is -0.149. The fraction of sp³-hybridized carbons (Fsp3) is 0.652. The van der Waals surface area contributed by atoms with Crippen LogP contribution in [0, 0.1) is 0 Å². The molecule has 0 spiro atoms. The number of hydrogen-bond acceptors (Lipinski definition) is 9. The Morgan fingerprint density at radius 2 is 1.85 bits per heavy atom. The highest BCUT2D eigenvalue weighted by atomic mass is 33.1. The molecule has 224 valence electrons. The third-order valence-corrected chi connectivity index (χ3v) is 7.98. The average Bonchev–Trinajstić information content (AvgIpc) is 2.85. The molecule has 3 atom stereocenters. The van der Waals surface area contributed by atoms with Gasteiger partial charge in [0.25, 0.3) is 0 Å². The monoisotopic (exact) mass is 611 g/mol. The average molecular weight is 612 g/mol. The van der Waals surface area contributed by atoms with Gasteiger partial charge >= 0.3 is 12.1 Å². The summed E-state index contributed by atoms with van der Waals surface area (Å²) in [6.45, 7) is 0.704. The van der Waals surface area contributed by atoms with Crippen molar-refractivity contribution in [2.75, 3.05) is 24.6 Å². The van der Waals surface area contributed by atoms with E-state index < -0.39 is 91.3 Å². The van der Waals surface area contributed by atoms with E-state index in [4.69, 9.17) is 4.74 Å². The first-order valence-corrected chi connectivity index (χ1v) is 14.8. The van der Waals surface area contributed by atoms with Crippen molar-refractivity contribution in [1.29, 1.82) is 0 Å². The molecule has 0 saturated carbocycles. The molecule has 1 saturated heterocycles. The third-order valence-electron chi connectivity index (χ3n) is 5.53. The van der Waals surface area contributed by atoms with Crippen molar-refractivity contribution in [3.63, 3.8) is 0 Å². The lowest BCUT2D eigenvalue weighted by atomic mass is 10.0. The summed E-state index contributed by atoms with van der Waals surface area (Å²) in [6, 6.07) is -2.59. The number of carbonyl (C=O) groups excluding carboxylic acids is 6. The van der Waals surface area contributed by atoms with Crippen LogP contribution in [-0.4, -0.2) is 90.0 Å². The molecule has 2 aliphatic heterocycles. The number of fused-ring (bicyclic) bond motifs is 7. The van der Waals surface area contributed by atoms with E-state index in [1.165, 1.54) is 41.5 Å². The van der Waals surface area contributed by atoms with Crippen LogP contribution in [-0.2, 0) is 33.5 Å². The van der Waals surface area contributed by atoms with Crippen molar-refractivity contribution in [3.8, 4) is 0 Å². The summed E-state index contributed by atoms with van der Waals surface area (Å²) >= 11 is 0. The predicted molar refractivity (Wildman–Crippen MR) is 141 cm³/mol. The summed E-state index contributed by atoms with van der Waals surface area (Å²) in [5, 5.41) is 11.5. The molecule has 0 aromatic carbocycles. The molecule has 0 aromatic heterocycles. The summed E-state index contributed by atoms with van der Waals surface area (Å²) in [5.74, 6) is -4.24. The first kappa shape index (κ1) is 33.3. The number of rotatable bonds is 4. The van der Waals surface area contributed by atoms with Gasteiger partial charge < -0.3 is 31.3 Å². The first-order valence-electron chi connectivity index (χ1n) is 12.3. The van der Waals surface area contributed by atoms with Gasteiger partial charge in [-0.2, -0.15) is 13.2 Å². The minimum absolute atomic E-state index is 0.0701. The summed E-state index contributed by atoms with van der Waals surface area (Å²) in [6.07, 6.45) is -3.29. The molecule has 5 N–H and O–H groups in total. The Morgan fingerprint density at radius 3 is 2.55 bits per heavy atom. The van der Waals surface area contributed by atoms with Crippen LogP contribution < -0.4 is 26.6 Å². The molecule has 12 nitrogen and oxygen atoms in total. The topological polar surface area (TPSA) is 172 Å². The smallest absolute Gasteiger partial charge is 0.405 e. The fourth-order valence-corrected chi connectivity index (χ4v) is 5.60. The van der Waals surface area contributed by atoms with E-state index in [0.29, 0.717) is 12.2 Å². The molecule has 0 aliphatic carbocycles. The second kappa shape index (κ2) is 15.2.